The Morgan fingerprint density at radius 2 is 1.88 bits per heavy atom. The highest BCUT2D eigenvalue weighted by Gasteiger charge is 2.37. The molecule has 7 heteroatoms. The fourth-order valence-electron chi connectivity index (χ4n) is 3.24. The first kappa shape index (κ1) is 18.7. The van der Waals surface area contributed by atoms with Crippen LogP contribution in [0.4, 0.5) is 5.69 Å². The first-order chi connectivity index (χ1) is 12.5. The summed E-state index contributed by atoms with van der Waals surface area (Å²) in [7, 11) is 1.37. The van der Waals surface area contributed by atoms with Gasteiger partial charge in [0.2, 0.25) is 0 Å². The van der Waals surface area contributed by atoms with Crippen molar-refractivity contribution in [3.8, 4) is 0 Å². The molecule has 2 atom stereocenters. The van der Waals surface area contributed by atoms with Gasteiger partial charge in [-0.2, -0.15) is 0 Å². The molecule has 1 unspecified atom stereocenters. The smallest absolute Gasteiger partial charge is 0.365 e. The third-order valence-electron chi connectivity index (χ3n) is 4.55. The maximum Gasteiger partial charge on any atom is 0.365 e. The maximum atomic E-state index is 12.5. The lowest BCUT2D eigenvalue weighted by Gasteiger charge is -2.31. The Morgan fingerprint density at radius 3 is 2.62 bits per heavy atom. The van der Waals surface area contributed by atoms with Crippen LogP contribution < -0.4 is 10.2 Å². The minimum Gasteiger partial charge on any atom is -0.465 e. The van der Waals surface area contributed by atoms with Crippen LogP contribution in [0.1, 0.15) is 11.1 Å². The second-order valence-electron chi connectivity index (χ2n) is 6.21. The van der Waals surface area contributed by atoms with E-state index in [0.29, 0.717) is 28.7 Å². The van der Waals surface area contributed by atoms with E-state index in [1.54, 1.807) is 18.2 Å². The molecule has 2 N–H and O–H groups in total. The number of hydrogen-bond acceptors (Lipinski definition) is 3. The highest BCUT2D eigenvalue weighted by atomic mass is 35.5. The van der Waals surface area contributed by atoms with Crippen LogP contribution in [0.2, 0.25) is 10.0 Å². The summed E-state index contributed by atoms with van der Waals surface area (Å²) in [5.41, 5.74) is 2.71. The van der Waals surface area contributed by atoms with Gasteiger partial charge in [0.15, 0.2) is 12.6 Å². The van der Waals surface area contributed by atoms with Crippen LogP contribution in [0.5, 0.6) is 0 Å². The van der Waals surface area contributed by atoms with E-state index in [4.69, 9.17) is 27.9 Å². The van der Waals surface area contributed by atoms with Crippen LogP contribution in [0.15, 0.2) is 42.5 Å². The van der Waals surface area contributed by atoms with Gasteiger partial charge in [-0.25, -0.2) is 4.79 Å². The Bertz CT molecular complexity index is 841. The van der Waals surface area contributed by atoms with Crippen LogP contribution in [-0.4, -0.2) is 31.6 Å². The molecule has 0 radical (unpaired) electrons. The zero-order valence-corrected chi connectivity index (χ0v) is 15.7. The van der Waals surface area contributed by atoms with Gasteiger partial charge < -0.3 is 15.0 Å². The van der Waals surface area contributed by atoms with Crippen molar-refractivity contribution < 1.29 is 19.2 Å². The SMILES string of the molecule is COC(=O)[C@@H]1Cc2ccccc2C[NH+]1CC(=O)Nc1cccc(Cl)c1Cl. The number of ether oxygens (including phenoxy) is 1. The molecule has 2 aromatic rings. The van der Waals surface area contributed by atoms with Crippen molar-refractivity contribution in [2.75, 3.05) is 19.0 Å². The predicted molar refractivity (Wildman–Crippen MR) is 101 cm³/mol. The number of benzene rings is 2. The molecule has 26 heavy (non-hydrogen) atoms. The van der Waals surface area contributed by atoms with Gasteiger partial charge >= 0.3 is 5.97 Å². The fraction of sp³-hybridized carbons (Fsp3) is 0.263. The second-order valence-corrected chi connectivity index (χ2v) is 7.00. The van der Waals surface area contributed by atoms with Crippen molar-refractivity contribution in [1.82, 2.24) is 0 Å². The van der Waals surface area contributed by atoms with E-state index in [1.165, 1.54) is 7.11 Å². The molecule has 0 spiro atoms. The van der Waals surface area contributed by atoms with Crippen molar-refractivity contribution in [2.24, 2.45) is 0 Å². The summed E-state index contributed by atoms with van der Waals surface area (Å²) < 4.78 is 4.94. The van der Waals surface area contributed by atoms with E-state index in [2.05, 4.69) is 5.32 Å². The molecule has 0 saturated carbocycles. The first-order valence-corrected chi connectivity index (χ1v) is 8.98. The number of esters is 1. The van der Waals surface area contributed by atoms with Crippen molar-refractivity contribution in [2.45, 2.75) is 19.0 Å². The molecule has 0 saturated heterocycles. The standard InChI is InChI=1S/C19H18Cl2N2O3/c1-26-19(25)16-9-12-5-2-3-6-13(12)10-23(16)11-17(24)22-15-8-4-7-14(20)18(15)21/h2-8,16H,9-11H2,1H3,(H,22,24)/p+1/t16-/m0/s1. The number of amides is 1. The lowest BCUT2D eigenvalue weighted by atomic mass is 9.94. The van der Waals surface area contributed by atoms with Crippen LogP contribution >= 0.6 is 23.2 Å². The van der Waals surface area contributed by atoms with E-state index in [0.717, 1.165) is 16.0 Å². The quantitative estimate of drug-likeness (QED) is 0.782. The maximum absolute atomic E-state index is 12.5. The molecule has 1 aliphatic rings. The molecule has 1 aliphatic heterocycles. The largest absolute Gasteiger partial charge is 0.465 e. The third-order valence-corrected chi connectivity index (χ3v) is 5.37. The van der Waals surface area contributed by atoms with Crippen LogP contribution in [0.3, 0.4) is 0 Å². The molecular weight excluding hydrogens is 375 g/mol. The van der Waals surface area contributed by atoms with Gasteiger partial charge in [0.05, 0.1) is 22.8 Å². The molecule has 0 bridgehead atoms. The Labute approximate surface area is 161 Å². The normalized spacial score (nSPS) is 18.7. The van der Waals surface area contributed by atoms with Gasteiger partial charge in [0.25, 0.3) is 5.91 Å². The molecule has 136 valence electrons. The van der Waals surface area contributed by atoms with Crippen LogP contribution in [-0.2, 0) is 27.3 Å². The topological polar surface area (TPSA) is 59.8 Å². The van der Waals surface area contributed by atoms with Crippen molar-refractivity contribution >= 4 is 40.8 Å². The number of carbonyl (C=O) groups excluding carboxylic acids is 2. The van der Waals surface area contributed by atoms with Crippen molar-refractivity contribution in [1.29, 1.82) is 0 Å². The molecule has 5 nitrogen and oxygen atoms in total. The predicted octanol–water partition coefficient (Wildman–Crippen LogP) is 2.11. The molecular formula is C19H19Cl2N2O3+. The molecule has 1 amide bonds. The van der Waals surface area contributed by atoms with Crippen LogP contribution in [0.25, 0.3) is 0 Å². The summed E-state index contributed by atoms with van der Waals surface area (Å²) in [5.74, 6) is -0.555. The number of nitrogens with one attached hydrogen (secondary N) is 2. The lowest BCUT2D eigenvalue weighted by Crippen LogP contribution is -3.17. The first-order valence-electron chi connectivity index (χ1n) is 8.22. The Balaban J connectivity index is 1.76. The molecule has 3 rings (SSSR count). The number of methoxy groups -OCH3 is 1. The Kier molecular flexibility index (Phi) is 5.81. The monoisotopic (exact) mass is 393 g/mol. The highest BCUT2D eigenvalue weighted by molar-refractivity contribution is 6.43. The van der Waals surface area contributed by atoms with Crippen molar-refractivity contribution in [3.05, 3.63) is 63.6 Å². The number of carbonyl (C=O) groups is 2. The zero-order valence-electron chi connectivity index (χ0n) is 14.2. The number of hydrogen-bond donors (Lipinski definition) is 2. The number of anilines is 1. The van der Waals surface area contributed by atoms with E-state index >= 15 is 0 Å². The summed E-state index contributed by atoms with van der Waals surface area (Å²) in [6.07, 6.45) is 0.545. The van der Waals surface area contributed by atoms with Gasteiger partial charge in [-0.15, -0.1) is 0 Å². The number of quaternary nitrogens is 1. The highest BCUT2D eigenvalue weighted by Crippen LogP contribution is 2.29. The second kappa shape index (κ2) is 8.08. The minimum atomic E-state index is -0.421. The summed E-state index contributed by atoms with van der Waals surface area (Å²) in [6.45, 7) is 0.698. The van der Waals surface area contributed by atoms with E-state index in [-0.39, 0.29) is 18.4 Å². The summed E-state index contributed by atoms with van der Waals surface area (Å²) >= 11 is 12.1. The van der Waals surface area contributed by atoms with Gasteiger partial charge in [-0.1, -0.05) is 53.5 Å². The Hall–Kier alpha value is -2.08. The molecule has 0 aromatic heterocycles. The zero-order chi connectivity index (χ0) is 18.7. The minimum absolute atomic E-state index is 0.122. The van der Waals surface area contributed by atoms with E-state index in [1.807, 2.05) is 24.3 Å². The lowest BCUT2D eigenvalue weighted by molar-refractivity contribution is -0.924. The average Bonchev–Trinajstić information content (AvgIpc) is 2.64. The third kappa shape index (κ3) is 4.01. The van der Waals surface area contributed by atoms with E-state index in [9.17, 15) is 9.59 Å². The summed E-state index contributed by atoms with van der Waals surface area (Å²) in [5, 5.41) is 3.44. The van der Waals surface area contributed by atoms with Gasteiger partial charge in [0.1, 0.15) is 6.54 Å². The number of fused-ring (bicyclic) bond motifs is 1. The molecule has 1 heterocycles. The average molecular weight is 394 g/mol. The van der Waals surface area contributed by atoms with Gasteiger partial charge in [0, 0.05) is 12.0 Å². The number of halogens is 2. The summed E-state index contributed by atoms with van der Waals surface area (Å²) in [6, 6.07) is 12.6. The van der Waals surface area contributed by atoms with Gasteiger partial charge in [-0.3, -0.25) is 4.79 Å². The van der Waals surface area contributed by atoms with E-state index < -0.39 is 6.04 Å². The fourth-order valence-corrected chi connectivity index (χ4v) is 3.59. The molecule has 0 aliphatic carbocycles. The molecule has 0 fully saturated rings. The van der Waals surface area contributed by atoms with Gasteiger partial charge in [-0.05, 0) is 17.7 Å². The molecule has 2 aromatic carbocycles. The van der Waals surface area contributed by atoms with Crippen molar-refractivity contribution in [3.63, 3.8) is 0 Å². The Morgan fingerprint density at radius 1 is 1.15 bits per heavy atom. The number of rotatable bonds is 4. The summed E-state index contributed by atoms with van der Waals surface area (Å²) in [4.78, 5) is 25.6. The van der Waals surface area contributed by atoms with Crippen LogP contribution in [0, 0.1) is 0 Å².